The molecule has 0 aromatic carbocycles. The van der Waals surface area contributed by atoms with Crippen LogP contribution in [0.25, 0.3) is 10.2 Å². The lowest BCUT2D eigenvalue weighted by Gasteiger charge is -2.07. The third kappa shape index (κ3) is 1.94. The van der Waals surface area contributed by atoms with E-state index in [-0.39, 0.29) is 5.92 Å². The summed E-state index contributed by atoms with van der Waals surface area (Å²) < 4.78 is 2.67. The van der Waals surface area contributed by atoms with Gasteiger partial charge in [0.25, 0.3) is 5.56 Å². The maximum Gasteiger partial charge on any atom is 0.366 e. The van der Waals surface area contributed by atoms with E-state index >= 15 is 0 Å². The standard InChI is InChI=1S/C12H11BrN2O4S/c1-5-7-9(16)15(19-11(17)6-3-4-6)12(18)14(2)10(7)20-8(5)13/h6H,3-4H2,1-2H3. The second kappa shape index (κ2) is 4.56. The predicted molar refractivity (Wildman–Crippen MR) is 78.1 cm³/mol. The van der Waals surface area contributed by atoms with Crippen molar-refractivity contribution in [3.8, 4) is 0 Å². The molecule has 3 rings (SSSR count). The molecule has 0 radical (unpaired) electrons. The minimum atomic E-state index is -0.648. The second-order valence-electron chi connectivity index (χ2n) is 4.81. The summed E-state index contributed by atoms with van der Waals surface area (Å²) in [6.45, 7) is 1.78. The van der Waals surface area contributed by atoms with E-state index in [0.717, 1.165) is 22.2 Å². The molecular weight excluding hydrogens is 348 g/mol. The molecule has 8 heteroatoms. The van der Waals surface area contributed by atoms with E-state index in [1.165, 1.54) is 15.9 Å². The van der Waals surface area contributed by atoms with E-state index in [1.807, 2.05) is 0 Å². The highest BCUT2D eigenvalue weighted by molar-refractivity contribution is 9.11. The van der Waals surface area contributed by atoms with Crippen LogP contribution in [0.5, 0.6) is 0 Å². The van der Waals surface area contributed by atoms with Gasteiger partial charge in [-0.15, -0.1) is 11.3 Å². The van der Waals surface area contributed by atoms with Crippen molar-refractivity contribution < 1.29 is 9.63 Å². The van der Waals surface area contributed by atoms with Gasteiger partial charge in [0.05, 0.1) is 15.1 Å². The van der Waals surface area contributed by atoms with Gasteiger partial charge in [-0.3, -0.25) is 9.36 Å². The maximum atomic E-state index is 12.4. The van der Waals surface area contributed by atoms with Gasteiger partial charge < -0.3 is 4.84 Å². The van der Waals surface area contributed by atoms with Gasteiger partial charge in [-0.25, -0.2) is 9.59 Å². The van der Waals surface area contributed by atoms with E-state index in [0.29, 0.717) is 14.9 Å². The smallest absolute Gasteiger partial charge is 0.328 e. The molecular formula is C12H11BrN2O4S. The minimum absolute atomic E-state index is 0.183. The van der Waals surface area contributed by atoms with Gasteiger partial charge in [0.15, 0.2) is 0 Å². The first kappa shape index (κ1) is 13.6. The minimum Gasteiger partial charge on any atom is -0.328 e. The van der Waals surface area contributed by atoms with Crippen molar-refractivity contribution in [2.45, 2.75) is 19.8 Å². The van der Waals surface area contributed by atoms with Gasteiger partial charge in [-0.2, -0.15) is 0 Å². The number of fused-ring (bicyclic) bond motifs is 1. The Hall–Kier alpha value is -1.41. The van der Waals surface area contributed by atoms with Gasteiger partial charge in [-0.05, 0) is 41.3 Å². The quantitative estimate of drug-likeness (QED) is 0.808. The summed E-state index contributed by atoms with van der Waals surface area (Å²) in [6.07, 6.45) is 1.50. The Bertz CT molecular complexity index is 844. The average molecular weight is 359 g/mol. The number of carbonyl (C=O) groups excluding carboxylic acids is 1. The molecule has 0 amide bonds. The molecule has 0 spiro atoms. The lowest BCUT2D eigenvalue weighted by Crippen LogP contribution is -2.44. The van der Waals surface area contributed by atoms with Gasteiger partial charge in [0.2, 0.25) is 0 Å². The van der Waals surface area contributed by atoms with Crippen LogP contribution in [0.4, 0.5) is 0 Å². The first-order valence-corrected chi connectivity index (χ1v) is 7.65. The summed E-state index contributed by atoms with van der Waals surface area (Å²) in [5.41, 5.74) is -0.497. The van der Waals surface area contributed by atoms with E-state index < -0.39 is 17.2 Å². The number of halogens is 1. The Balaban J connectivity index is 2.26. The zero-order valence-corrected chi connectivity index (χ0v) is 13.2. The number of aryl methyl sites for hydroxylation is 2. The van der Waals surface area contributed by atoms with Crippen LogP contribution < -0.4 is 16.1 Å². The molecule has 1 aliphatic carbocycles. The molecule has 6 nitrogen and oxygen atoms in total. The molecule has 1 fully saturated rings. The van der Waals surface area contributed by atoms with Gasteiger partial charge in [-0.1, -0.05) is 4.73 Å². The highest BCUT2D eigenvalue weighted by Crippen LogP contribution is 2.32. The van der Waals surface area contributed by atoms with Crippen LogP contribution >= 0.6 is 27.3 Å². The molecule has 1 aliphatic rings. The Morgan fingerprint density at radius 1 is 1.40 bits per heavy atom. The Kier molecular flexibility index (Phi) is 3.09. The highest BCUT2D eigenvalue weighted by Gasteiger charge is 2.33. The number of thiophene rings is 1. The summed E-state index contributed by atoms with van der Waals surface area (Å²) in [5, 5.41) is 0.396. The third-order valence-electron chi connectivity index (χ3n) is 3.33. The molecule has 0 saturated heterocycles. The number of nitrogens with zero attached hydrogens (tertiary/aromatic N) is 2. The molecule has 0 aliphatic heterocycles. The van der Waals surface area contributed by atoms with Gasteiger partial charge in [0.1, 0.15) is 4.83 Å². The fraction of sp³-hybridized carbons (Fsp3) is 0.417. The van der Waals surface area contributed by atoms with Crippen LogP contribution in [0.3, 0.4) is 0 Å². The molecule has 2 heterocycles. The number of hydrogen-bond acceptors (Lipinski definition) is 5. The predicted octanol–water partition coefficient (Wildman–Crippen LogP) is 1.20. The van der Waals surface area contributed by atoms with Crippen molar-refractivity contribution in [3.63, 3.8) is 0 Å². The summed E-state index contributed by atoms with van der Waals surface area (Å²) in [5.74, 6) is -0.701. The SMILES string of the molecule is Cc1c(Br)sc2c1c(=O)n(OC(=O)C1CC1)c(=O)n2C. The lowest BCUT2D eigenvalue weighted by atomic mass is 10.3. The van der Waals surface area contributed by atoms with Crippen LogP contribution in [-0.2, 0) is 11.8 Å². The fourth-order valence-corrected chi connectivity index (χ4v) is 3.58. The van der Waals surface area contributed by atoms with E-state index in [9.17, 15) is 14.4 Å². The molecule has 0 bridgehead atoms. The van der Waals surface area contributed by atoms with Crippen molar-refractivity contribution in [1.29, 1.82) is 0 Å². The fourth-order valence-electron chi connectivity index (χ4n) is 1.93. The van der Waals surface area contributed by atoms with Crippen molar-refractivity contribution in [2.75, 3.05) is 0 Å². The second-order valence-corrected chi connectivity index (χ2v) is 7.12. The van der Waals surface area contributed by atoms with Crippen molar-refractivity contribution in [3.05, 3.63) is 30.2 Å². The zero-order chi connectivity index (χ0) is 14.6. The molecule has 20 heavy (non-hydrogen) atoms. The van der Waals surface area contributed by atoms with Crippen LogP contribution in [0.2, 0.25) is 0 Å². The van der Waals surface area contributed by atoms with Crippen LogP contribution in [-0.4, -0.2) is 15.3 Å². The molecule has 0 N–H and O–H groups in total. The number of carbonyl (C=O) groups is 1. The van der Waals surface area contributed by atoms with Gasteiger partial charge in [0, 0.05) is 7.05 Å². The molecule has 2 aromatic rings. The normalized spacial score (nSPS) is 14.8. The van der Waals surface area contributed by atoms with Crippen LogP contribution in [0.15, 0.2) is 13.4 Å². The van der Waals surface area contributed by atoms with Gasteiger partial charge >= 0.3 is 11.7 Å². The van der Waals surface area contributed by atoms with Crippen molar-refractivity contribution in [2.24, 2.45) is 13.0 Å². The number of hydrogen-bond donors (Lipinski definition) is 0. The summed E-state index contributed by atoms with van der Waals surface area (Å²) in [7, 11) is 1.55. The number of aromatic nitrogens is 2. The van der Waals surface area contributed by atoms with E-state index in [1.54, 1.807) is 14.0 Å². The first-order chi connectivity index (χ1) is 9.41. The largest absolute Gasteiger partial charge is 0.366 e. The highest BCUT2D eigenvalue weighted by atomic mass is 79.9. The monoisotopic (exact) mass is 358 g/mol. The lowest BCUT2D eigenvalue weighted by molar-refractivity contribution is -0.146. The molecule has 2 aromatic heterocycles. The first-order valence-electron chi connectivity index (χ1n) is 6.04. The number of rotatable bonds is 2. The molecule has 1 saturated carbocycles. The Morgan fingerprint density at radius 3 is 2.65 bits per heavy atom. The average Bonchev–Trinajstić information content (AvgIpc) is 3.20. The van der Waals surface area contributed by atoms with E-state index in [4.69, 9.17) is 4.84 Å². The van der Waals surface area contributed by atoms with Crippen LogP contribution in [0, 0.1) is 12.8 Å². The third-order valence-corrected chi connectivity index (χ3v) is 5.56. The summed E-state index contributed by atoms with van der Waals surface area (Å²) >= 11 is 4.66. The van der Waals surface area contributed by atoms with E-state index in [2.05, 4.69) is 15.9 Å². The maximum absolute atomic E-state index is 12.4. The summed E-state index contributed by atoms with van der Waals surface area (Å²) in [6, 6.07) is 0. The van der Waals surface area contributed by atoms with Crippen molar-refractivity contribution >= 4 is 43.5 Å². The zero-order valence-electron chi connectivity index (χ0n) is 10.8. The molecule has 0 atom stereocenters. The molecule has 0 unspecified atom stereocenters. The molecule has 106 valence electrons. The Morgan fingerprint density at radius 2 is 2.05 bits per heavy atom. The van der Waals surface area contributed by atoms with Crippen molar-refractivity contribution in [1.82, 2.24) is 9.30 Å². The topological polar surface area (TPSA) is 70.3 Å². The Labute approximate surface area is 125 Å². The summed E-state index contributed by atoms with van der Waals surface area (Å²) in [4.78, 5) is 41.7. The van der Waals surface area contributed by atoms with Crippen LogP contribution in [0.1, 0.15) is 18.4 Å².